The number of halogens is 1. The van der Waals surface area contributed by atoms with Gasteiger partial charge in [0.2, 0.25) is 5.91 Å². The van der Waals surface area contributed by atoms with Crippen LogP contribution in [0.3, 0.4) is 0 Å². The number of hydrogen-bond acceptors (Lipinski definition) is 5. The number of carbonyl (C=O) groups is 2. The van der Waals surface area contributed by atoms with E-state index in [1.54, 1.807) is 13.8 Å². The molecule has 0 radical (unpaired) electrons. The van der Waals surface area contributed by atoms with Gasteiger partial charge in [-0.15, -0.1) is 0 Å². The first-order chi connectivity index (χ1) is 8.40. The van der Waals surface area contributed by atoms with Crippen LogP contribution >= 0.6 is 11.6 Å². The molecule has 2 rings (SSSR count). The molecule has 1 fully saturated rings. The Morgan fingerprint density at radius 1 is 1.33 bits per heavy atom. The van der Waals surface area contributed by atoms with Gasteiger partial charge in [0.25, 0.3) is 5.91 Å². The Morgan fingerprint density at radius 2 is 2.00 bits per heavy atom. The normalized spacial score (nSPS) is 19.6. The number of nitrogens with zero attached hydrogens (tertiary/aromatic N) is 3. The van der Waals surface area contributed by atoms with Crippen molar-refractivity contribution < 1.29 is 9.59 Å². The topological polar surface area (TPSA) is 75.2 Å². The summed E-state index contributed by atoms with van der Waals surface area (Å²) in [6, 6.07) is -0.577. The van der Waals surface area contributed by atoms with E-state index in [9.17, 15) is 9.59 Å². The number of aromatic nitrogens is 2. The minimum atomic E-state index is -0.577. The summed E-state index contributed by atoms with van der Waals surface area (Å²) in [5.41, 5.74) is 0.664. The third-order valence-corrected chi connectivity index (χ3v) is 3.26. The van der Waals surface area contributed by atoms with Crippen LogP contribution in [0.4, 0.5) is 5.82 Å². The maximum atomic E-state index is 11.8. The van der Waals surface area contributed by atoms with Crippen LogP contribution in [0, 0.1) is 13.8 Å². The molecule has 1 aromatic rings. The number of nitrogens with one attached hydrogen (secondary N) is 1. The summed E-state index contributed by atoms with van der Waals surface area (Å²) >= 11 is 5.94. The van der Waals surface area contributed by atoms with Crippen LogP contribution in [0.25, 0.3) is 0 Å². The molecule has 0 aromatic carbocycles. The summed E-state index contributed by atoms with van der Waals surface area (Å²) in [6.07, 6.45) is 0.134. The predicted molar refractivity (Wildman–Crippen MR) is 66.3 cm³/mol. The standard InChI is InChI=1S/C11H13ClN4O2/c1-5-9(12)13-6(2)14-10(5)15-7-4-8(17)16(3)11(7)18/h7H,4H2,1-3H3,(H,13,14,15). The molecule has 1 unspecified atom stereocenters. The van der Waals surface area contributed by atoms with Crippen molar-refractivity contribution in [3.05, 3.63) is 16.5 Å². The largest absolute Gasteiger partial charge is 0.358 e. The molecule has 1 aliphatic heterocycles. The number of anilines is 1. The molecule has 2 amide bonds. The molecule has 1 N–H and O–H groups in total. The number of likely N-dealkylation sites (tertiary alicyclic amines) is 1. The second-order valence-electron chi connectivity index (χ2n) is 4.23. The Morgan fingerprint density at radius 3 is 2.56 bits per heavy atom. The molecule has 1 aromatic heterocycles. The first-order valence-corrected chi connectivity index (χ1v) is 5.85. The lowest BCUT2D eigenvalue weighted by Gasteiger charge is -2.14. The summed E-state index contributed by atoms with van der Waals surface area (Å²) < 4.78 is 0. The molecule has 1 saturated heterocycles. The molecule has 0 aliphatic carbocycles. The zero-order chi connectivity index (χ0) is 13.4. The van der Waals surface area contributed by atoms with Crippen molar-refractivity contribution in [3.8, 4) is 0 Å². The van der Waals surface area contributed by atoms with Gasteiger partial charge in [0.15, 0.2) is 0 Å². The summed E-state index contributed by atoms with van der Waals surface area (Å²) in [6.45, 7) is 3.47. The van der Waals surface area contributed by atoms with Crippen molar-refractivity contribution in [1.29, 1.82) is 0 Å². The molecule has 0 bridgehead atoms. The van der Waals surface area contributed by atoms with E-state index < -0.39 is 6.04 Å². The number of carbonyl (C=O) groups excluding carboxylic acids is 2. The Kier molecular flexibility index (Phi) is 3.21. The average Bonchev–Trinajstić information content (AvgIpc) is 2.53. The van der Waals surface area contributed by atoms with Crippen LogP contribution in [0.5, 0.6) is 0 Å². The van der Waals surface area contributed by atoms with E-state index in [0.717, 1.165) is 4.90 Å². The molecule has 96 valence electrons. The molecule has 6 nitrogen and oxygen atoms in total. The van der Waals surface area contributed by atoms with Gasteiger partial charge in [0.1, 0.15) is 22.8 Å². The molecule has 0 saturated carbocycles. The van der Waals surface area contributed by atoms with E-state index in [1.165, 1.54) is 7.05 Å². The molecule has 1 atom stereocenters. The van der Waals surface area contributed by atoms with Gasteiger partial charge in [-0.1, -0.05) is 11.6 Å². The van der Waals surface area contributed by atoms with E-state index in [2.05, 4.69) is 15.3 Å². The molecule has 7 heteroatoms. The van der Waals surface area contributed by atoms with Gasteiger partial charge in [-0.2, -0.15) is 0 Å². The van der Waals surface area contributed by atoms with Crippen molar-refractivity contribution in [1.82, 2.24) is 14.9 Å². The van der Waals surface area contributed by atoms with E-state index in [-0.39, 0.29) is 18.2 Å². The van der Waals surface area contributed by atoms with E-state index in [1.807, 2.05) is 0 Å². The van der Waals surface area contributed by atoms with Crippen molar-refractivity contribution in [2.75, 3.05) is 12.4 Å². The van der Waals surface area contributed by atoms with E-state index in [0.29, 0.717) is 22.4 Å². The number of hydrogen-bond donors (Lipinski definition) is 1. The molecular formula is C11H13ClN4O2. The van der Waals surface area contributed by atoms with Crippen molar-refractivity contribution in [3.63, 3.8) is 0 Å². The molecule has 2 heterocycles. The lowest BCUT2D eigenvalue weighted by molar-refractivity contribution is -0.136. The van der Waals surface area contributed by atoms with Crippen LogP contribution < -0.4 is 5.32 Å². The fourth-order valence-electron chi connectivity index (χ4n) is 1.77. The number of aryl methyl sites for hydroxylation is 1. The Bertz CT molecular complexity index is 532. The lowest BCUT2D eigenvalue weighted by Crippen LogP contribution is -2.32. The maximum absolute atomic E-state index is 11.8. The monoisotopic (exact) mass is 268 g/mol. The van der Waals surface area contributed by atoms with Crippen LogP contribution in [-0.4, -0.2) is 39.8 Å². The fraction of sp³-hybridized carbons (Fsp3) is 0.455. The molecule has 0 spiro atoms. The van der Waals surface area contributed by atoms with Crippen LogP contribution in [0.15, 0.2) is 0 Å². The second kappa shape index (κ2) is 4.53. The summed E-state index contributed by atoms with van der Waals surface area (Å²) in [7, 11) is 1.47. The average molecular weight is 269 g/mol. The Labute approximate surface area is 109 Å². The minimum Gasteiger partial charge on any atom is -0.358 e. The summed E-state index contributed by atoms with van der Waals surface area (Å²) in [4.78, 5) is 32.5. The number of imide groups is 1. The Balaban J connectivity index is 2.25. The van der Waals surface area contributed by atoms with Gasteiger partial charge in [-0.25, -0.2) is 9.97 Å². The third kappa shape index (κ3) is 2.15. The van der Waals surface area contributed by atoms with Gasteiger partial charge in [-0.3, -0.25) is 14.5 Å². The van der Waals surface area contributed by atoms with Gasteiger partial charge >= 0.3 is 0 Å². The number of amides is 2. The van der Waals surface area contributed by atoms with Gasteiger partial charge < -0.3 is 5.32 Å². The van der Waals surface area contributed by atoms with Crippen molar-refractivity contribution >= 4 is 29.2 Å². The smallest absolute Gasteiger partial charge is 0.251 e. The summed E-state index contributed by atoms with van der Waals surface area (Å²) in [5, 5.41) is 3.30. The van der Waals surface area contributed by atoms with Crippen LogP contribution in [0.1, 0.15) is 17.8 Å². The van der Waals surface area contributed by atoms with Crippen LogP contribution in [-0.2, 0) is 9.59 Å². The highest BCUT2D eigenvalue weighted by Gasteiger charge is 2.36. The zero-order valence-electron chi connectivity index (χ0n) is 10.3. The zero-order valence-corrected chi connectivity index (χ0v) is 11.1. The fourth-order valence-corrected chi connectivity index (χ4v) is 1.98. The van der Waals surface area contributed by atoms with Gasteiger partial charge in [0, 0.05) is 12.6 Å². The Hall–Kier alpha value is -1.69. The summed E-state index contributed by atoms with van der Waals surface area (Å²) in [5.74, 6) is 0.547. The molecule has 18 heavy (non-hydrogen) atoms. The third-order valence-electron chi connectivity index (χ3n) is 2.89. The highest BCUT2D eigenvalue weighted by Crippen LogP contribution is 2.22. The quantitative estimate of drug-likeness (QED) is 0.638. The van der Waals surface area contributed by atoms with Crippen molar-refractivity contribution in [2.45, 2.75) is 26.3 Å². The van der Waals surface area contributed by atoms with Crippen LogP contribution in [0.2, 0.25) is 5.15 Å². The second-order valence-corrected chi connectivity index (χ2v) is 4.59. The highest BCUT2D eigenvalue weighted by molar-refractivity contribution is 6.30. The highest BCUT2D eigenvalue weighted by atomic mass is 35.5. The molecular weight excluding hydrogens is 256 g/mol. The number of rotatable bonds is 2. The van der Waals surface area contributed by atoms with Gasteiger partial charge in [0.05, 0.1) is 6.42 Å². The predicted octanol–water partition coefficient (Wildman–Crippen LogP) is 0.916. The van der Waals surface area contributed by atoms with E-state index >= 15 is 0 Å². The number of likely N-dealkylation sites (N-methyl/N-ethyl adjacent to an activating group) is 1. The van der Waals surface area contributed by atoms with Crippen molar-refractivity contribution in [2.24, 2.45) is 0 Å². The van der Waals surface area contributed by atoms with Gasteiger partial charge in [-0.05, 0) is 13.8 Å². The first-order valence-electron chi connectivity index (χ1n) is 5.48. The van der Waals surface area contributed by atoms with E-state index in [4.69, 9.17) is 11.6 Å². The first kappa shape index (κ1) is 12.8. The minimum absolute atomic E-state index is 0.134. The molecule has 1 aliphatic rings. The lowest BCUT2D eigenvalue weighted by atomic mass is 10.2. The SMILES string of the molecule is Cc1nc(Cl)c(C)c(NC2CC(=O)N(C)C2=O)n1. The maximum Gasteiger partial charge on any atom is 0.251 e.